The maximum atomic E-state index is 13.3. The van der Waals surface area contributed by atoms with Gasteiger partial charge in [-0.2, -0.15) is 0 Å². The van der Waals surface area contributed by atoms with Gasteiger partial charge in [-0.05, 0) is 24.1 Å². The molecule has 0 aliphatic heterocycles. The van der Waals surface area contributed by atoms with Gasteiger partial charge in [-0.25, -0.2) is 4.39 Å². The molecule has 1 aromatic rings. The second-order valence-electron chi connectivity index (χ2n) is 3.51. The number of hydrogen-bond donors (Lipinski definition) is 0. The van der Waals surface area contributed by atoms with Crippen LogP contribution in [0.3, 0.4) is 0 Å². The number of aryl methyl sites for hydroxylation is 1. The van der Waals surface area contributed by atoms with E-state index in [0.29, 0.717) is 17.6 Å². The van der Waals surface area contributed by atoms with E-state index in [1.165, 1.54) is 24.8 Å². The van der Waals surface area contributed by atoms with E-state index in [1.54, 1.807) is 18.2 Å². The summed E-state index contributed by atoms with van der Waals surface area (Å²) in [5.41, 5.74) is 1.47. The minimum absolute atomic E-state index is 0.0289. The van der Waals surface area contributed by atoms with Crippen LogP contribution in [0.4, 0.5) is 4.39 Å². The molecule has 0 aromatic heterocycles. The number of halogens is 1. The van der Waals surface area contributed by atoms with Crippen LogP contribution in [-0.4, -0.2) is 17.2 Å². The fraction of sp³-hybridized carbons (Fsp3) is 0.231. The molecule has 0 unspecified atom stereocenters. The highest BCUT2D eigenvalue weighted by Gasteiger charge is 2.07. The van der Waals surface area contributed by atoms with Crippen molar-refractivity contribution in [3.8, 4) is 0 Å². The SMILES string of the molecule is CC(=O)SCC=Cc1c(C)ccc(F)c1C=O. The van der Waals surface area contributed by atoms with Gasteiger partial charge in [0.15, 0.2) is 11.4 Å². The minimum atomic E-state index is -0.524. The predicted molar refractivity (Wildman–Crippen MR) is 68.7 cm³/mol. The van der Waals surface area contributed by atoms with Crippen molar-refractivity contribution < 1.29 is 14.0 Å². The molecule has 4 heteroatoms. The molecule has 0 amide bonds. The largest absolute Gasteiger partial charge is 0.298 e. The van der Waals surface area contributed by atoms with Gasteiger partial charge < -0.3 is 0 Å². The number of carbonyl (C=O) groups is 2. The second-order valence-corrected chi connectivity index (χ2v) is 4.71. The zero-order chi connectivity index (χ0) is 12.8. The molecule has 0 bridgehead atoms. The quantitative estimate of drug-likeness (QED) is 0.771. The molecule has 2 nitrogen and oxygen atoms in total. The van der Waals surface area contributed by atoms with Gasteiger partial charge in [-0.15, -0.1) is 0 Å². The average molecular weight is 252 g/mol. The molecule has 0 spiro atoms. The van der Waals surface area contributed by atoms with Gasteiger partial charge in [0.25, 0.3) is 0 Å². The van der Waals surface area contributed by atoms with Crippen LogP contribution in [0.5, 0.6) is 0 Å². The van der Waals surface area contributed by atoms with E-state index in [1.807, 2.05) is 6.92 Å². The summed E-state index contributed by atoms with van der Waals surface area (Å²) in [4.78, 5) is 21.5. The van der Waals surface area contributed by atoms with Crippen molar-refractivity contribution in [1.82, 2.24) is 0 Å². The van der Waals surface area contributed by atoms with Crippen LogP contribution < -0.4 is 0 Å². The van der Waals surface area contributed by atoms with Crippen molar-refractivity contribution in [3.05, 3.63) is 40.7 Å². The molecule has 1 rings (SSSR count). The maximum Gasteiger partial charge on any atom is 0.186 e. The lowest BCUT2D eigenvalue weighted by Gasteiger charge is -2.04. The molecule has 0 atom stereocenters. The van der Waals surface area contributed by atoms with Crippen LogP contribution in [0.1, 0.15) is 28.4 Å². The Balaban J connectivity index is 2.93. The smallest absolute Gasteiger partial charge is 0.186 e. The Kier molecular flexibility index (Phi) is 5.10. The third-order valence-corrected chi connectivity index (χ3v) is 3.00. The summed E-state index contributed by atoms with van der Waals surface area (Å²) in [6, 6.07) is 2.90. The first-order valence-electron chi connectivity index (χ1n) is 5.10. The van der Waals surface area contributed by atoms with Gasteiger partial charge in [0.2, 0.25) is 0 Å². The second kappa shape index (κ2) is 6.35. The summed E-state index contributed by atoms with van der Waals surface area (Å²) < 4.78 is 13.3. The first-order valence-corrected chi connectivity index (χ1v) is 6.09. The topological polar surface area (TPSA) is 34.1 Å². The Labute approximate surface area is 104 Å². The minimum Gasteiger partial charge on any atom is -0.298 e. The Morgan fingerprint density at radius 1 is 1.41 bits per heavy atom. The van der Waals surface area contributed by atoms with E-state index in [4.69, 9.17) is 0 Å². The summed E-state index contributed by atoms with van der Waals surface area (Å²) in [6.45, 7) is 3.30. The Morgan fingerprint density at radius 3 is 2.71 bits per heavy atom. The summed E-state index contributed by atoms with van der Waals surface area (Å²) in [5.74, 6) is -0.00619. The fourth-order valence-corrected chi connectivity index (χ4v) is 1.82. The normalized spacial score (nSPS) is 10.8. The number of rotatable bonds is 4. The molecule has 0 heterocycles. The molecule has 0 fully saturated rings. The molecule has 0 saturated carbocycles. The highest BCUT2D eigenvalue weighted by Crippen LogP contribution is 2.18. The number of thioether (sulfide) groups is 1. The summed E-state index contributed by atoms with van der Waals surface area (Å²) in [7, 11) is 0. The van der Waals surface area contributed by atoms with E-state index in [0.717, 1.165) is 5.56 Å². The van der Waals surface area contributed by atoms with E-state index in [-0.39, 0.29) is 10.7 Å². The van der Waals surface area contributed by atoms with Crippen molar-refractivity contribution in [3.63, 3.8) is 0 Å². The number of carbonyl (C=O) groups excluding carboxylic acids is 2. The number of benzene rings is 1. The van der Waals surface area contributed by atoms with Crippen molar-refractivity contribution >= 4 is 29.2 Å². The van der Waals surface area contributed by atoms with E-state index < -0.39 is 5.82 Å². The summed E-state index contributed by atoms with van der Waals surface area (Å²) in [6.07, 6.45) is 3.94. The summed E-state index contributed by atoms with van der Waals surface area (Å²) in [5, 5.41) is 0.0289. The van der Waals surface area contributed by atoms with Gasteiger partial charge in [0, 0.05) is 12.7 Å². The zero-order valence-electron chi connectivity index (χ0n) is 9.70. The fourth-order valence-electron chi connectivity index (χ4n) is 1.39. The molecule has 0 aliphatic carbocycles. The molecule has 0 radical (unpaired) electrons. The molecule has 0 saturated heterocycles. The van der Waals surface area contributed by atoms with Gasteiger partial charge in [0.05, 0.1) is 5.56 Å². The zero-order valence-corrected chi connectivity index (χ0v) is 10.5. The molecule has 1 aromatic carbocycles. The Morgan fingerprint density at radius 2 is 2.12 bits per heavy atom. The molecule has 17 heavy (non-hydrogen) atoms. The lowest BCUT2D eigenvalue weighted by molar-refractivity contribution is -0.109. The van der Waals surface area contributed by atoms with Crippen molar-refractivity contribution in [2.75, 3.05) is 5.75 Å². The van der Waals surface area contributed by atoms with Gasteiger partial charge in [-0.1, -0.05) is 30.0 Å². The third kappa shape index (κ3) is 3.82. The molecule has 0 N–H and O–H groups in total. The van der Waals surface area contributed by atoms with Crippen LogP contribution >= 0.6 is 11.8 Å². The Bertz CT molecular complexity index is 467. The van der Waals surface area contributed by atoms with Crippen molar-refractivity contribution in [1.29, 1.82) is 0 Å². The standard InChI is InChI=1S/C13H13FO2S/c1-9-5-6-13(14)12(8-15)11(9)4-3-7-17-10(2)16/h3-6,8H,7H2,1-2H3. The average Bonchev–Trinajstić information content (AvgIpc) is 2.28. The Hall–Kier alpha value is -1.42. The molecular formula is C13H13FO2S. The van der Waals surface area contributed by atoms with Crippen molar-refractivity contribution in [2.24, 2.45) is 0 Å². The van der Waals surface area contributed by atoms with Crippen LogP contribution in [0.25, 0.3) is 6.08 Å². The highest BCUT2D eigenvalue weighted by atomic mass is 32.2. The van der Waals surface area contributed by atoms with E-state index >= 15 is 0 Å². The van der Waals surface area contributed by atoms with E-state index in [2.05, 4.69) is 0 Å². The first-order chi connectivity index (χ1) is 8.06. The van der Waals surface area contributed by atoms with Crippen LogP contribution in [0.2, 0.25) is 0 Å². The lowest BCUT2D eigenvalue weighted by atomic mass is 10.0. The molecular weight excluding hydrogens is 239 g/mol. The van der Waals surface area contributed by atoms with Crippen LogP contribution in [-0.2, 0) is 4.79 Å². The highest BCUT2D eigenvalue weighted by molar-refractivity contribution is 8.13. The van der Waals surface area contributed by atoms with Gasteiger partial charge in [0.1, 0.15) is 5.82 Å². The number of hydrogen-bond acceptors (Lipinski definition) is 3. The molecule has 0 aliphatic rings. The lowest BCUT2D eigenvalue weighted by Crippen LogP contribution is -1.95. The van der Waals surface area contributed by atoms with E-state index in [9.17, 15) is 14.0 Å². The van der Waals surface area contributed by atoms with Crippen molar-refractivity contribution in [2.45, 2.75) is 13.8 Å². The maximum absolute atomic E-state index is 13.3. The summed E-state index contributed by atoms with van der Waals surface area (Å²) >= 11 is 1.17. The van der Waals surface area contributed by atoms with Gasteiger partial charge in [-0.3, -0.25) is 9.59 Å². The van der Waals surface area contributed by atoms with Gasteiger partial charge >= 0.3 is 0 Å². The monoisotopic (exact) mass is 252 g/mol. The third-order valence-electron chi connectivity index (χ3n) is 2.24. The number of aldehydes is 1. The predicted octanol–water partition coefficient (Wildman–Crippen LogP) is 3.24. The van der Waals surface area contributed by atoms with Crippen LogP contribution in [0.15, 0.2) is 18.2 Å². The first kappa shape index (κ1) is 13.6. The molecule has 90 valence electrons. The van der Waals surface area contributed by atoms with Crippen LogP contribution in [0, 0.1) is 12.7 Å².